The van der Waals surface area contributed by atoms with Gasteiger partial charge in [0.05, 0.1) is 0 Å². The summed E-state index contributed by atoms with van der Waals surface area (Å²) in [7, 11) is 0. The lowest BCUT2D eigenvalue weighted by molar-refractivity contribution is -0.137. The van der Waals surface area contributed by atoms with Gasteiger partial charge in [-0.2, -0.15) is 5.10 Å². The Morgan fingerprint density at radius 2 is 2.09 bits per heavy atom. The maximum atomic E-state index is 12.0. The average molecular weight is 308 g/mol. The molecule has 0 spiro atoms. The summed E-state index contributed by atoms with van der Waals surface area (Å²) < 4.78 is 1.21. The summed E-state index contributed by atoms with van der Waals surface area (Å²) in [6.07, 6.45) is 5.32. The molecule has 1 unspecified atom stereocenters. The molecule has 120 valence electrons. The molecule has 1 fully saturated rings. The van der Waals surface area contributed by atoms with Crippen molar-refractivity contribution in [2.24, 2.45) is 5.92 Å². The highest BCUT2D eigenvalue weighted by molar-refractivity contribution is 5.96. The molecule has 0 aliphatic heterocycles. The number of amides is 2. The second-order valence-corrected chi connectivity index (χ2v) is 5.49. The van der Waals surface area contributed by atoms with Crippen LogP contribution in [-0.4, -0.2) is 38.7 Å². The van der Waals surface area contributed by atoms with Crippen LogP contribution in [0.1, 0.15) is 32.6 Å². The first kappa shape index (κ1) is 16.0. The van der Waals surface area contributed by atoms with Gasteiger partial charge in [-0.1, -0.05) is 12.8 Å². The van der Waals surface area contributed by atoms with E-state index in [2.05, 4.69) is 15.7 Å². The Kier molecular flexibility index (Phi) is 5.13. The summed E-state index contributed by atoms with van der Waals surface area (Å²) in [5, 5.41) is 17.8. The van der Waals surface area contributed by atoms with E-state index in [1.54, 1.807) is 6.92 Å². The van der Waals surface area contributed by atoms with Crippen LogP contribution in [0, 0.1) is 5.92 Å². The SMILES string of the molecule is CC(NC(=O)C1CCCC1)C(=O)Nc1ccn(CC(=O)O)n1. The molecule has 0 saturated heterocycles. The second kappa shape index (κ2) is 7.06. The summed E-state index contributed by atoms with van der Waals surface area (Å²) in [5.74, 6) is -1.22. The highest BCUT2D eigenvalue weighted by Gasteiger charge is 2.25. The molecule has 8 nitrogen and oxygen atoms in total. The van der Waals surface area contributed by atoms with Crippen LogP contribution < -0.4 is 10.6 Å². The van der Waals surface area contributed by atoms with E-state index < -0.39 is 12.0 Å². The van der Waals surface area contributed by atoms with Gasteiger partial charge in [0.1, 0.15) is 12.6 Å². The highest BCUT2D eigenvalue weighted by atomic mass is 16.4. The van der Waals surface area contributed by atoms with Crippen LogP contribution in [0.3, 0.4) is 0 Å². The Morgan fingerprint density at radius 3 is 2.73 bits per heavy atom. The standard InChI is InChI=1S/C14H20N4O4/c1-9(15-14(22)10-4-2-3-5-10)13(21)16-11-6-7-18(17-11)8-12(19)20/h6-7,9-10H,2-5,8H2,1H3,(H,15,22)(H,19,20)(H,16,17,21). The summed E-state index contributed by atoms with van der Waals surface area (Å²) in [4.78, 5) is 34.5. The maximum absolute atomic E-state index is 12.0. The van der Waals surface area contributed by atoms with Crippen LogP contribution in [0.2, 0.25) is 0 Å². The topological polar surface area (TPSA) is 113 Å². The number of aliphatic carboxylic acids is 1. The van der Waals surface area contributed by atoms with Crippen molar-refractivity contribution < 1.29 is 19.5 Å². The molecule has 0 bridgehead atoms. The number of rotatable bonds is 6. The van der Waals surface area contributed by atoms with Crippen LogP contribution >= 0.6 is 0 Å². The molecule has 1 aromatic heterocycles. The Hall–Kier alpha value is -2.38. The van der Waals surface area contributed by atoms with Gasteiger partial charge >= 0.3 is 5.97 Å². The minimum absolute atomic E-state index is 0.00465. The third-order valence-corrected chi connectivity index (χ3v) is 3.67. The zero-order valence-electron chi connectivity index (χ0n) is 12.4. The van der Waals surface area contributed by atoms with Crippen LogP contribution in [0.4, 0.5) is 5.82 Å². The maximum Gasteiger partial charge on any atom is 0.325 e. The molecule has 1 atom stereocenters. The zero-order valence-corrected chi connectivity index (χ0v) is 12.4. The molecule has 1 heterocycles. The van der Waals surface area contributed by atoms with Crippen molar-refractivity contribution in [1.29, 1.82) is 0 Å². The molecular formula is C14H20N4O4. The average Bonchev–Trinajstić information content (AvgIpc) is 3.09. The third kappa shape index (κ3) is 4.31. The molecule has 2 rings (SSSR count). The number of nitrogens with one attached hydrogen (secondary N) is 2. The molecule has 0 aromatic carbocycles. The normalized spacial score (nSPS) is 16.2. The molecule has 3 N–H and O–H groups in total. The fraction of sp³-hybridized carbons (Fsp3) is 0.571. The van der Waals surface area contributed by atoms with Crippen molar-refractivity contribution in [2.45, 2.75) is 45.2 Å². The van der Waals surface area contributed by atoms with Crippen molar-refractivity contribution in [3.8, 4) is 0 Å². The predicted octanol–water partition coefficient (Wildman–Crippen LogP) is 0.601. The van der Waals surface area contributed by atoms with Gasteiger partial charge < -0.3 is 15.7 Å². The number of carbonyl (C=O) groups excluding carboxylic acids is 2. The lowest BCUT2D eigenvalue weighted by atomic mass is 10.1. The minimum Gasteiger partial charge on any atom is -0.480 e. The number of anilines is 1. The predicted molar refractivity (Wildman–Crippen MR) is 78.1 cm³/mol. The van der Waals surface area contributed by atoms with Crippen LogP contribution in [0.5, 0.6) is 0 Å². The first-order chi connectivity index (χ1) is 10.5. The lowest BCUT2D eigenvalue weighted by Crippen LogP contribution is -2.43. The number of carboxylic acids is 1. The van der Waals surface area contributed by atoms with E-state index in [0.717, 1.165) is 25.7 Å². The number of hydrogen-bond acceptors (Lipinski definition) is 4. The van der Waals surface area contributed by atoms with Gasteiger partial charge in [-0.15, -0.1) is 0 Å². The molecule has 22 heavy (non-hydrogen) atoms. The van der Waals surface area contributed by atoms with E-state index in [1.165, 1.54) is 16.9 Å². The van der Waals surface area contributed by atoms with Crippen LogP contribution in [0.25, 0.3) is 0 Å². The van der Waals surface area contributed by atoms with Crippen LogP contribution in [0.15, 0.2) is 12.3 Å². The summed E-state index contributed by atoms with van der Waals surface area (Å²) in [5.41, 5.74) is 0. The van der Waals surface area contributed by atoms with Crippen molar-refractivity contribution in [2.75, 3.05) is 5.32 Å². The molecular weight excluding hydrogens is 288 g/mol. The molecule has 2 amide bonds. The van der Waals surface area contributed by atoms with Crippen molar-refractivity contribution in [1.82, 2.24) is 15.1 Å². The zero-order chi connectivity index (χ0) is 16.1. The molecule has 1 aliphatic rings. The molecule has 8 heteroatoms. The Balaban J connectivity index is 1.84. The fourth-order valence-corrected chi connectivity index (χ4v) is 2.47. The van der Waals surface area contributed by atoms with E-state index in [-0.39, 0.29) is 30.1 Å². The lowest BCUT2D eigenvalue weighted by Gasteiger charge is -2.16. The summed E-state index contributed by atoms with van der Waals surface area (Å²) >= 11 is 0. The van der Waals surface area contributed by atoms with Gasteiger partial charge in [-0.05, 0) is 19.8 Å². The largest absolute Gasteiger partial charge is 0.480 e. The van der Waals surface area contributed by atoms with Crippen LogP contribution in [-0.2, 0) is 20.9 Å². The quantitative estimate of drug-likeness (QED) is 0.712. The molecule has 1 aromatic rings. The summed E-state index contributed by atoms with van der Waals surface area (Å²) in [6, 6.07) is 0.838. The van der Waals surface area contributed by atoms with E-state index >= 15 is 0 Å². The van der Waals surface area contributed by atoms with Gasteiger partial charge in [-0.25, -0.2) is 0 Å². The highest BCUT2D eigenvalue weighted by Crippen LogP contribution is 2.24. The van der Waals surface area contributed by atoms with Gasteiger partial charge in [0, 0.05) is 18.2 Å². The van der Waals surface area contributed by atoms with Gasteiger partial charge in [0.25, 0.3) is 0 Å². The van der Waals surface area contributed by atoms with Crippen molar-refractivity contribution >= 4 is 23.6 Å². The van der Waals surface area contributed by atoms with E-state index in [9.17, 15) is 14.4 Å². The number of carboxylic acid groups (broad SMARTS) is 1. The number of carbonyl (C=O) groups is 3. The fourth-order valence-electron chi connectivity index (χ4n) is 2.47. The van der Waals surface area contributed by atoms with E-state index in [4.69, 9.17) is 5.11 Å². The monoisotopic (exact) mass is 308 g/mol. The molecule has 0 radical (unpaired) electrons. The van der Waals surface area contributed by atoms with Gasteiger partial charge in [-0.3, -0.25) is 19.1 Å². The molecule has 1 saturated carbocycles. The van der Waals surface area contributed by atoms with Crippen molar-refractivity contribution in [3.63, 3.8) is 0 Å². The number of aromatic nitrogens is 2. The Bertz CT molecular complexity index is 563. The Morgan fingerprint density at radius 1 is 1.41 bits per heavy atom. The minimum atomic E-state index is -1.02. The first-order valence-electron chi connectivity index (χ1n) is 7.32. The number of hydrogen-bond donors (Lipinski definition) is 3. The Labute approximate surface area is 127 Å². The summed E-state index contributed by atoms with van der Waals surface area (Å²) in [6.45, 7) is 1.33. The third-order valence-electron chi connectivity index (χ3n) is 3.67. The first-order valence-corrected chi connectivity index (χ1v) is 7.32. The van der Waals surface area contributed by atoms with Gasteiger partial charge in [0.15, 0.2) is 5.82 Å². The number of nitrogens with zero attached hydrogens (tertiary/aromatic N) is 2. The van der Waals surface area contributed by atoms with E-state index in [0.29, 0.717) is 0 Å². The van der Waals surface area contributed by atoms with Gasteiger partial charge in [0.2, 0.25) is 11.8 Å². The van der Waals surface area contributed by atoms with Crippen molar-refractivity contribution in [3.05, 3.63) is 12.3 Å². The van der Waals surface area contributed by atoms with E-state index in [1.807, 2.05) is 0 Å². The molecule has 1 aliphatic carbocycles. The smallest absolute Gasteiger partial charge is 0.325 e. The second-order valence-electron chi connectivity index (χ2n) is 5.49.